The van der Waals surface area contributed by atoms with Gasteiger partial charge in [-0.2, -0.15) is 0 Å². The van der Waals surface area contributed by atoms with Crippen molar-refractivity contribution < 1.29 is 4.79 Å². The van der Waals surface area contributed by atoms with Gasteiger partial charge in [-0.3, -0.25) is 9.69 Å². The second-order valence-corrected chi connectivity index (χ2v) is 6.97. The molecule has 4 heteroatoms. The number of halogens is 1. The van der Waals surface area contributed by atoms with Crippen LogP contribution in [0.25, 0.3) is 0 Å². The van der Waals surface area contributed by atoms with Gasteiger partial charge in [0.2, 0.25) is 5.91 Å². The number of nitrogens with one attached hydrogen (secondary N) is 1. The molecule has 3 rings (SSSR count). The molecule has 3 nitrogen and oxygen atoms in total. The van der Waals surface area contributed by atoms with E-state index in [0.717, 1.165) is 38.2 Å². The van der Waals surface area contributed by atoms with E-state index in [1.54, 1.807) is 12.1 Å². The van der Waals surface area contributed by atoms with Crippen LogP contribution in [0, 0.1) is 12.8 Å². The van der Waals surface area contributed by atoms with Crippen molar-refractivity contribution in [2.45, 2.75) is 26.3 Å². The van der Waals surface area contributed by atoms with Crippen molar-refractivity contribution in [1.29, 1.82) is 0 Å². The summed E-state index contributed by atoms with van der Waals surface area (Å²) < 4.78 is 0. The highest BCUT2D eigenvalue weighted by atomic mass is 35.5. The van der Waals surface area contributed by atoms with Crippen molar-refractivity contribution >= 4 is 23.2 Å². The minimum Gasteiger partial charge on any atom is -0.326 e. The van der Waals surface area contributed by atoms with Crippen LogP contribution < -0.4 is 5.32 Å². The fourth-order valence-electron chi connectivity index (χ4n) is 3.12. The molecule has 1 saturated heterocycles. The molecule has 0 aliphatic carbocycles. The van der Waals surface area contributed by atoms with Crippen LogP contribution in [-0.4, -0.2) is 23.9 Å². The Morgan fingerprint density at radius 2 is 1.88 bits per heavy atom. The molecule has 0 atom stereocenters. The van der Waals surface area contributed by atoms with Gasteiger partial charge >= 0.3 is 0 Å². The van der Waals surface area contributed by atoms with Crippen LogP contribution in [0.15, 0.2) is 48.5 Å². The summed E-state index contributed by atoms with van der Waals surface area (Å²) in [5, 5.41) is 3.62. The lowest BCUT2D eigenvalue weighted by molar-refractivity contribution is -0.121. The second-order valence-electron chi connectivity index (χ2n) is 6.54. The Morgan fingerprint density at radius 1 is 1.17 bits per heavy atom. The molecular weight excluding hydrogens is 320 g/mol. The molecule has 1 N–H and O–H groups in total. The third kappa shape index (κ3) is 4.59. The van der Waals surface area contributed by atoms with Gasteiger partial charge in [-0.25, -0.2) is 0 Å². The molecular formula is C20H23ClN2O. The number of anilines is 1. The first-order chi connectivity index (χ1) is 11.6. The first kappa shape index (κ1) is 17.0. The van der Waals surface area contributed by atoms with Gasteiger partial charge in [0.15, 0.2) is 0 Å². The van der Waals surface area contributed by atoms with Crippen molar-refractivity contribution in [3.63, 3.8) is 0 Å². The maximum absolute atomic E-state index is 12.4. The number of likely N-dealkylation sites (tertiary alicyclic amines) is 1. The van der Waals surface area contributed by atoms with Gasteiger partial charge in [0.1, 0.15) is 0 Å². The summed E-state index contributed by atoms with van der Waals surface area (Å²) in [4.78, 5) is 14.8. The number of benzene rings is 2. The SMILES string of the molecule is Cc1ccc(CN2CCC(C(=O)Nc3cccc(Cl)c3)CC2)cc1. The van der Waals surface area contributed by atoms with E-state index < -0.39 is 0 Å². The van der Waals surface area contributed by atoms with Crippen LogP contribution in [0.5, 0.6) is 0 Å². The number of piperidine rings is 1. The molecule has 126 valence electrons. The van der Waals surface area contributed by atoms with Gasteiger partial charge < -0.3 is 5.32 Å². The first-order valence-corrected chi connectivity index (χ1v) is 8.82. The van der Waals surface area contributed by atoms with Crippen LogP contribution in [0.4, 0.5) is 5.69 Å². The Morgan fingerprint density at radius 3 is 2.54 bits per heavy atom. The molecule has 1 aliphatic rings. The van der Waals surface area contributed by atoms with Gasteiger partial charge in [-0.1, -0.05) is 47.5 Å². The Hall–Kier alpha value is -1.84. The van der Waals surface area contributed by atoms with Gasteiger partial charge in [0.25, 0.3) is 0 Å². The summed E-state index contributed by atoms with van der Waals surface area (Å²) in [5.74, 6) is 0.186. The van der Waals surface area contributed by atoms with E-state index in [4.69, 9.17) is 11.6 Å². The largest absolute Gasteiger partial charge is 0.326 e. The van der Waals surface area contributed by atoms with Gasteiger partial charge in [-0.15, -0.1) is 0 Å². The summed E-state index contributed by atoms with van der Waals surface area (Å²) in [7, 11) is 0. The molecule has 24 heavy (non-hydrogen) atoms. The van der Waals surface area contributed by atoms with E-state index in [0.29, 0.717) is 5.02 Å². The molecule has 0 spiro atoms. The number of carbonyl (C=O) groups is 1. The zero-order valence-electron chi connectivity index (χ0n) is 14.0. The number of hydrogen-bond donors (Lipinski definition) is 1. The van der Waals surface area contributed by atoms with Crippen molar-refractivity contribution in [3.05, 3.63) is 64.7 Å². The topological polar surface area (TPSA) is 32.3 Å². The minimum absolute atomic E-state index is 0.0817. The molecule has 0 saturated carbocycles. The smallest absolute Gasteiger partial charge is 0.227 e. The number of amides is 1. The maximum atomic E-state index is 12.4. The molecule has 2 aromatic carbocycles. The molecule has 1 amide bonds. The second kappa shape index (κ2) is 7.82. The molecule has 1 fully saturated rings. The Labute approximate surface area is 148 Å². The summed E-state index contributed by atoms with van der Waals surface area (Å²) in [6, 6.07) is 16.0. The van der Waals surface area contributed by atoms with Gasteiger partial charge in [-0.05, 0) is 56.6 Å². The van der Waals surface area contributed by atoms with E-state index >= 15 is 0 Å². The average Bonchev–Trinajstić information content (AvgIpc) is 2.57. The van der Waals surface area contributed by atoms with Crippen molar-refractivity contribution in [1.82, 2.24) is 4.90 Å². The molecule has 0 unspecified atom stereocenters. The Balaban J connectivity index is 1.49. The standard InChI is InChI=1S/C20H23ClN2O/c1-15-5-7-16(8-6-15)14-23-11-9-17(10-12-23)20(24)22-19-4-2-3-18(21)13-19/h2-8,13,17H,9-12,14H2,1H3,(H,22,24). The van der Waals surface area contributed by atoms with E-state index in [1.165, 1.54) is 11.1 Å². The highest BCUT2D eigenvalue weighted by molar-refractivity contribution is 6.30. The highest BCUT2D eigenvalue weighted by Crippen LogP contribution is 2.22. The van der Waals surface area contributed by atoms with Crippen molar-refractivity contribution in [3.8, 4) is 0 Å². The van der Waals surface area contributed by atoms with E-state index in [-0.39, 0.29) is 11.8 Å². The summed E-state index contributed by atoms with van der Waals surface area (Å²) in [5.41, 5.74) is 3.40. The van der Waals surface area contributed by atoms with Crippen LogP contribution in [0.2, 0.25) is 5.02 Å². The Bertz CT molecular complexity index is 691. The van der Waals surface area contributed by atoms with Gasteiger partial charge in [0, 0.05) is 23.2 Å². The monoisotopic (exact) mass is 342 g/mol. The predicted molar refractivity (Wildman–Crippen MR) is 99.3 cm³/mol. The zero-order chi connectivity index (χ0) is 16.9. The lowest BCUT2D eigenvalue weighted by Crippen LogP contribution is -2.37. The summed E-state index contributed by atoms with van der Waals surface area (Å²) >= 11 is 5.96. The molecule has 0 aromatic heterocycles. The zero-order valence-corrected chi connectivity index (χ0v) is 14.7. The molecule has 1 aliphatic heterocycles. The van der Waals surface area contributed by atoms with Crippen LogP contribution in [0.3, 0.4) is 0 Å². The van der Waals surface area contributed by atoms with Crippen molar-refractivity contribution in [2.75, 3.05) is 18.4 Å². The number of aryl methyl sites for hydroxylation is 1. The lowest BCUT2D eigenvalue weighted by Gasteiger charge is -2.31. The summed E-state index contributed by atoms with van der Waals surface area (Å²) in [6.07, 6.45) is 1.80. The average molecular weight is 343 g/mol. The maximum Gasteiger partial charge on any atom is 0.227 e. The highest BCUT2D eigenvalue weighted by Gasteiger charge is 2.25. The van der Waals surface area contributed by atoms with Crippen LogP contribution in [0.1, 0.15) is 24.0 Å². The van der Waals surface area contributed by atoms with Gasteiger partial charge in [0.05, 0.1) is 0 Å². The van der Waals surface area contributed by atoms with Crippen molar-refractivity contribution in [2.24, 2.45) is 5.92 Å². The normalized spacial score (nSPS) is 16.1. The van der Waals surface area contributed by atoms with Crippen LogP contribution >= 0.6 is 11.6 Å². The first-order valence-electron chi connectivity index (χ1n) is 8.44. The van der Waals surface area contributed by atoms with Crippen LogP contribution in [-0.2, 0) is 11.3 Å². The quantitative estimate of drug-likeness (QED) is 0.887. The minimum atomic E-state index is 0.0817. The Kier molecular flexibility index (Phi) is 5.54. The third-order valence-corrected chi connectivity index (χ3v) is 4.81. The number of hydrogen-bond acceptors (Lipinski definition) is 2. The number of nitrogens with zero attached hydrogens (tertiary/aromatic N) is 1. The predicted octanol–water partition coefficient (Wildman–Crippen LogP) is 4.50. The molecule has 0 bridgehead atoms. The molecule has 2 aromatic rings. The number of rotatable bonds is 4. The van der Waals surface area contributed by atoms with E-state index in [2.05, 4.69) is 41.4 Å². The lowest BCUT2D eigenvalue weighted by atomic mass is 9.95. The summed E-state index contributed by atoms with van der Waals surface area (Å²) in [6.45, 7) is 4.99. The fourth-order valence-corrected chi connectivity index (χ4v) is 3.31. The molecule has 0 radical (unpaired) electrons. The third-order valence-electron chi connectivity index (χ3n) is 4.58. The number of carbonyl (C=O) groups excluding carboxylic acids is 1. The van der Waals surface area contributed by atoms with E-state index in [1.807, 2.05) is 12.1 Å². The molecule has 1 heterocycles. The fraction of sp³-hybridized carbons (Fsp3) is 0.350. The van der Waals surface area contributed by atoms with E-state index in [9.17, 15) is 4.79 Å².